The van der Waals surface area contributed by atoms with Crippen LogP contribution < -0.4 is 10.2 Å². The summed E-state index contributed by atoms with van der Waals surface area (Å²) in [6.45, 7) is 14.4. The number of anilines is 1. The molecule has 1 aliphatic heterocycles. The Balaban J connectivity index is 2.15. The van der Waals surface area contributed by atoms with Crippen LogP contribution in [0.2, 0.25) is 0 Å². The van der Waals surface area contributed by atoms with Gasteiger partial charge >= 0.3 is 0 Å². The van der Waals surface area contributed by atoms with Crippen LogP contribution in [0.1, 0.15) is 44.2 Å². The van der Waals surface area contributed by atoms with Crippen LogP contribution in [0.15, 0.2) is 0 Å². The van der Waals surface area contributed by atoms with Crippen LogP contribution in [0.5, 0.6) is 0 Å². The van der Waals surface area contributed by atoms with Gasteiger partial charge in [-0.1, -0.05) is 20.8 Å². The zero-order valence-corrected chi connectivity index (χ0v) is 14.3. The number of aromatic nitrogens is 1. The summed E-state index contributed by atoms with van der Waals surface area (Å²) < 4.78 is 0. The summed E-state index contributed by atoms with van der Waals surface area (Å²) >= 11 is 1.86. The third kappa shape index (κ3) is 3.32. The molecule has 2 rings (SSSR count). The molecule has 1 fully saturated rings. The fourth-order valence-electron chi connectivity index (χ4n) is 2.86. The fraction of sp³-hybridized carbons (Fsp3) is 0.800. The first-order chi connectivity index (χ1) is 9.56. The fourth-order valence-corrected chi connectivity index (χ4v) is 4.12. The van der Waals surface area contributed by atoms with Crippen molar-refractivity contribution >= 4 is 16.5 Å². The average Bonchev–Trinajstić information content (AvgIpc) is 2.83. The highest BCUT2D eigenvalue weighted by atomic mass is 32.1. The van der Waals surface area contributed by atoms with Gasteiger partial charge in [-0.3, -0.25) is 4.90 Å². The van der Waals surface area contributed by atoms with Crippen molar-refractivity contribution in [2.45, 2.75) is 46.2 Å². The Morgan fingerprint density at radius 3 is 2.70 bits per heavy atom. The van der Waals surface area contributed by atoms with Crippen LogP contribution in [0.3, 0.4) is 0 Å². The van der Waals surface area contributed by atoms with Crippen molar-refractivity contribution in [1.29, 1.82) is 0 Å². The third-order valence-corrected chi connectivity index (χ3v) is 5.17. The summed E-state index contributed by atoms with van der Waals surface area (Å²) in [5, 5.41) is 4.47. The molecule has 1 saturated heterocycles. The summed E-state index contributed by atoms with van der Waals surface area (Å²) in [6, 6.07) is 0.618. The van der Waals surface area contributed by atoms with Gasteiger partial charge in [0.2, 0.25) is 0 Å². The summed E-state index contributed by atoms with van der Waals surface area (Å²) in [5.41, 5.74) is 1.27. The quantitative estimate of drug-likeness (QED) is 0.905. The molecule has 1 N–H and O–H groups in total. The molecule has 1 aromatic heterocycles. The first kappa shape index (κ1) is 15.7. The molecule has 1 aliphatic rings. The zero-order chi connectivity index (χ0) is 14.7. The molecule has 114 valence electrons. The lowest BCUT2D eigenvalue weighted by molar-refractivity contribution is 0.199. The van der Waals surface area contributed by atoms with Gasteiger partial charge in [-0.15, -0.1) is 11.3 Å². The molecule has 0 radical (unpaired) electrons. The van der Waals surface area contributed by atoms with Crippen LogP contribution in [-0.2, 0) is 6.54 Å². The topological polar surface area (TPSA) is 31.4 Å². The number of likely N-dealkylation sites (N-methyl/N-ethyl adjacent to an activating group) is 1. The maximum Gasteiger partial charge on any atom is 0.185 e. The highest BCUT2D eigenvalue weighted by Gasteiger charge is 2.25. The van der Waals surface area contributed by atoms with Gasteiger partial charge in [0, 0.05) is 37.1 Å². The van der Waals surface area contributed by atoms with Crippen molar-refractivity contribution < 1.29 is 0 Å². The van der Waals surface area contributed by atoms with Gasteiger partial charge in [-0.05, 0) is 26.4 Å². The van der Waals surface area contributed by atoms with E-state index in [2.05, 4.69) is 42.8 Å². The Morgan fingerprint density at radius 1 is 1.40 bits per heavy atom. The molecule has 1 unspecified atom stereocenters. The number of hydrogen-bond donors (Lipinski definition) is 1. The molecule has 0 bridgehead atoms. The van der Waals surface area contributed by atoms with Crippen molar-refractivity contribution in [3.8, 4) is 0 Å². The van der Waals surface area contributed by atoms with Gasteiger partial charge in [-0.25, -0.2) is 4.98 Å². The number of hydrogen-bond acceptors (Lipinski definition) is 5. The Kier molecular flexibility index (Phi) is 5.41. The van der Waals surface area contributed by atoms with Crippen molar-refractivity contribution in [3.63, 3.8) is 0 Å². The van der Waals surface area contributed by atoms with Crippen molar-refractivity contribution in [1.82, 2.24) is 15.2 Å². The molecule has 4 nitrogen and oxygen atoms in total. The Hall–Kier alpha value is -0.650. The second-order valence-corrected chi connectivity index (χ2v) is 6.98. The predicted octanol–water partition coefficient (Wildman–Crippen LogP) is 2.52. The summed E-state index contributed by atoms with van der Waals surface area (Å²) in [5.74, 6) is 0.498. The number of nitrogens with one attached hydrogen (secondary N) is 1. The van der Waals surface area contributed by atoms with E-state index in [0.717, 1.165) is 32.7 Å². The van der Waals surface area contributed by atoms with Crippen LogP contribution >= 0.6 is 11.3 Å². The highest BCUT2D eigenvalue weighted by Crippen LogP contribution is 2.31. The number of piperazine rings is 1. The predicted molar refractivity (Wildman–Crippen MR) is 87.9 cm³/mol. The first-order valence-electron chi connectivity index (χ1n) is 7.70. The Morgan fingerprint density at radius 2 is 2.15 bits per heavy atom. The van der Waals surface area contributed by atoms with Crippen LogP contribution in [0, 0.1) is 0 Å². The zero-order valence-electron chi connectivity index (χ0n) is 13.4. The minimum absolute atomic E-state index is 0.498. The van der Waals surface area contributed by atoms with E-state index in [1.54, 1.807) is 0 Å². The second-order valence-electron chi connectivity index (χ2n) is 5.91. The van der Waals surface area contributed by atoms with E-state index in [4.69, 9.17) is 4.98 Å². The van der Waals surface area contributed by atoms with Gasteiger partial charge < -0.3 is 10.2 Å². The summed E-state index contributed by atoms with van der Waals surface area (Å²) in [4.78, 5) is 11.3. The number of thiazole rings is 1. The monoisotopic (exact) mass is 296 g/mol. The Bertz CT molecular complexity index is 430. The van der Waals surface area contributed by atoms with Crippen molar-refractivity contribution in [2.24, 2.45) is 0 Å². The van der Waals surface area contributed by atoms with E-state index in [1.807, 2.05) is 18.4 Å². The van der Waals surface area contributed by atoms with Crippen LogP contribution in [0.25, 0.3) is 0 Å². The maximum absolute atomic E-state index is 4.92. The van der Waals surface area contributed by atoms with Gasteiger partial charge in [-0.2, -0.15) is 0 Å². The minimum atomic E-state index is 0.498. The first-order valence-corrected chi connectivity index (χ1v) is 8.51. The molecule has 5 heteroatoms. The maximum atomic E-state index is 4.92. The molecule has 1 atom stereocenters. The molecule has 0 spiro atoms. The minimum Gasteiger partial charge on any atom is -0.345 e. The SMILES string of the molecule is CCN1CCN(c2nc(C(C)C)c(CNC)s2)CC1C. The molecule has 0 aromatic carbocycles. The third-order valence-electron chi connectivity index (χ3n) is 4.04. The summed E-state index contributed by atoms with van der Waals surface area (Å²) in [6.07, 6.45) is 0. The number of rotatable bonds is 5. The molecule has 2 heterocycles. The molecule has 0 aliphatic carbocycles. The van der Waals surface area contributed by atoms with Gasteiger partial charge in [0.15, 0.2) is 5.13 Å². The average molecular weight is 296 g/mol. The molecule has 1 aromatic rings. The molecular formula is C15H28N4S. The normalized spacial score (nSPS) is 20.9. The lowest BCUT2D eigenvalue weighted by Gasteiger charge is -2.39. The van der Waals surface area contributed by atoms with Crippen LogP contribution in [-0.4, -0.2) is 49.2 Å². The van der Waals surface area contributed by atoms with E-state index in [0.29, 0.717) is 12.0 Å². The largest absolute Gasteiger partial charge is 0.345 e. The molecule has 20 heavy (non-hydrogen) atoms. The van der Waals surface area contributed by atoms with Gasteiger partial charge in [0.05, 0.1) is 5.69 Å². The summed E-state index contributed by atoms with van der Waals surface area (Å²) in [7, 11) is 2.01. The second kappa shape index (κ2) is 6.87. The van der Waals surface area contributed by atoms with Crippen LogP contribution in [0.4, 0.5) is 5.13 Å². The standard InChI is InChI=1S/C15H28N4S/c1-6-18-7-8-19(10-12(18)4)15-17-14(11(2)3)13(20-15)9-16-5/h11-12,16H,6-10H2,1-5H3. The van der Waals surface area contributed by atoms with Gasteiger partial charge in [0.1, 0.15) is 0 Å². The van der Waals surface area contributed by atoms with E-state index >= 15 is 0 Å². The van der Waals surface area contributed by atoms with E-state index < -0.39 is 0 Å². The smallest absolute Gasteiger partial charge is 0.185 e. The highest BCUT2D eigenvalue weighted by molar-refractivity contribution is 7.15. The van der Waals surface area contributed by atoms with E-state index in [-0.39, 0.29) is 0 Å². The molecule has 0 saturated carbocycles. The van der Waals surface area contributed by atoms with Gasteiger partial charge in [0.25, 0.3) is 0 Å². The van der Waals surface area contributed by atoms with Crippen molar-refractivity contribution in [2.75, 3.05) is 38.1 Å². The lowest BCUT2D eigenvalue weighted by Crippen LogP contribution is -2.51. The number of nitrogens with zero attached hydrogens (tertiary/aromatic N) is 3. The molecular weight excluding hydrogens is 268 g/mol. The van der Waals surface area contributed by atoms with Crippen molar-refractivity contribution in [3.05, 3.63) is 10.6 Å². The van der Waals surface area contributed by atoms with E-state index in [1.165, 1.54) is 15.7 Å². The lowest BCUT2D eigenvalue weighted by atomic mass is 10.1. The Labute approximate surface area is 127 Å². The van der Waals surface area contributed by atoms with E-state index in [9.17, 15) is 0 Å². The molecule has 0 amide bonds.